The van der Waals surface area contributed by atoms with Gasteiger partial charge >= 0.3 is 33.3 Å². The van der Waals surface area contributed by atoms with Crippen molar-refractivity contribution in [2.24, 2.45) is 15.9 Å². The largest absolute Gasteiger partial charge is 0.475 e. The number of rotatable bonds is 27. The number of hydrogen-bond acceptors (Lipinski definition) is 25. The van der Waals surface area contributed by atoms with Crippen LogP contribution in [0.25, 0.3) is 20.9 Å². The highest BCUT2D eigenvalue weighted by Gasteiger charge is 2.51. The molecule has 35 heteroatoms. The van der Waals surface area contributed by atoms with Crippen LogP contribution in [0.1, 0.15) is 102 Å². The Hall–Kier alpha value is -8.69. The molecule has 3 saturated heterocycles. The van der Waals surface area contributed by atoms with Crippen LogP contribution >= 0.6 is 15.6 Å². The number of guanidine groups is 1. The smallest absolute Gasteiger partial charge is 0.457 e. The van der Waals surface area contributed by atoms with E-state index in [0.29, 0.717) is 11.3 Å². The van der Waals surface area contributed by atoms with E-state index >= 15 is 9.13 Å². The van der Waals surface area contributed by atoms with Crippen LogP contribution in [0.5, 0.6) is 0 Å². The summed E-state index contributed by atoms with van der Waals surface area (Å²) in [7, 11) is -9.88. The molecule has 5 aliphatic rings. The number of carbonyl (C=O) groups excluding carboxylic acids is 5. The van der Waals surface area contributed by atoms with Gasteiger partial charge in [0, 0.05) is 48.7 Å². The quantitative estimate of drug-likeness (QED) is 0.0217. The third-order valence-corrected chi connectivity index (χ3v) is 19.3. The topological polar surface area (TPSA) is 379 Å². The number of H-pyrrole nitrogens is 1. The molecule has 13 unspecified atom stereocenters. The van der Waals surface area contributed by atoms with Crippen molar-refractivity contribution in [1.29, 1.82) is 0 Å². The molecule has 3 fully saturated rings. The van der Waals surface area contributed by atoms with Crippen LogP contribution in [-0.4, -0.2) is 172 Å². The summed E-state index contributed by atoms with van der Waals surface area (Å²) >= 11 is 0. The first-order valence-corrected chi connectivity index (χ1v) is 33.6. The number of nitrogens with zero attached hydrogens (tertiary/aromatic N) is 9. The summed E-state index contributed by atoms with van der Waals surface area (Å²) in [6, 6.07) is 12.3. The molecule has 0 radical (unpaired) electrons. The molecular formula is C61H71N13O20P2. The van der Waals surface area contributed by atoms with Crippen LogP contribution < -0.4 is 27.2 Å². The lowest BCUT2D eigenvalue weighted by molar-refractivity contribution is -0.156. The Bertz CT molecular complexity index is 4110. The van der Waals surface area contributed by atoms with Gasteiger partial charge < -0.3 is 43.6 Å². The van der Waals surface area contributed by atoms with Crippen molar-refractivity contribution >= 4 is 74.5 Å². The molecule has 0 aliphatic carbocycles. The molecule has 0 spiro atoms. The zero-order chi connectivity index (χ0) is 68.6. The number of amides is 3. The van der Waals surface area contributed by atoms with Gasteiger partial charge in [-0.2, -0.15) is 0 Å². The average Bonchev–Trinajstić information content (AvgIpc) is 1.63. The number of carbonyl (C=O) groups is 5. The summed E-state index contributed by atoms with van der Waals surface area (Å²) in [5.41, 5.74) is 2.52. The van der Waals surface area contributed by atoms with Crippen molar-refractivity contribution in [3.05, 3.63) is 144 Å². The average molecular weight is 1370 g/mol. The maximum absolute atomic E-state index is 15.3. The second-order valence-corrected chi connectivity index (χ2v) is 26.5. The molecule has 3 amide bonds. The molecule has 33 nitrogen and oxygen atoms in total. The lowest BCUT2D eigenvalue weighted by Gasteiger charge is -2.32. The van der Waals surface area contributed by atoms with Gasteiger partial charge in [-0.25, -0.2) is 51.6 Å². The summed E-state index contributed by atoms with van der Waals surface area (Å²) in [6.07, 6.45) is -6.43. The van der Waals surface area contributed by atoms with Gasteiger partial charge in [-0.1, -0.05) is 39.0 Å². The Labute approximate surface area is 549 Å². The first-order valence-electron chi connectivity index (χ1n) is 30.7. The minimum absolute atomic E-state index is 0.0270. The number of aromatic nitrogens is 5. The van der Waals surface area contributed by atoms with Crippen LogP contribution in [0.3, 0.4) is 0 Å². The molecule has 3 aromatic heterocycles. The van der Waals surface area contributed by atoms with Gasteiger partial charge in [-0.15, -0.1) is 0 Å². The Morgan fingerprint density at radius 3 is 2.02 bits per heavy atom. The molecule has 510 valence electrons. The number of anilines is 1. The number of nitrogens with one attached hydrogen (secondary N) is 4. The molecule has 96 heavy (non-hydrogen) atoms. The van der Waals surface area contributed by atoms with Crippen LogP contribution in [0.2, 0.25) is 0 Å². The molecule has 13 atom stereocenters. The fourth-order valence-electron chi connectivity index (χ4n) is 11.0. The molecule has 10 rings (SSSR count). The van der Waals surface area contributed by atoms with Crippen molar-refractivity contribution in [1.82, 2.24) is 39.6 Å². The fourth-order valence-corrected chi connectivity index (χ4v) is 13.8. The molecule has 4 N–H and O–H groups in total. The lowest BCUT2D eigenvalue weighted by Crippen LogP contribution is -2.57. The maximum atomic E-state index is 15.3. The number of aliphatic imine (C=N–C) groups is 2. The highest BCUT2D eigenvalue weighted by Crippen LogP contribution is 2.56. The number of pyridine rings is 1. The molecule has 8 heterocycles. The summed E-state index contributed by atoms with van der Waals surface area (Å²) < 4.78 is 99.6. The van der Waals surface area contributed by atoms with Crippen molar-refractivity contribution in [3.8, 4) is 0 Å². The number of esters is 2. The Morgan fingerprint density at radius 2 is 1.38 bits per heavy atom. The third kappa shape index (κ3) is 16.4. The zero-order valence-electron chi connectivity index (χ0n) is 53.2. The first kappa shape index (κ1) is 70.1. The highest BCUT2D eigenvalue weighted by atomic mass is 31.2. The maximum Gasteiger partial charge on any atom is 0.475 e. The third-order valence-electron chi connectivity index (χ3n) is 16.3. The summed E-state index contributed by atoms with van der Waals surface area (Å²) in [4.78, 5) is 120. The van der Waals surface area contributed by atoms with Crippen molar-refractivity contribution < 1.29 is 83.9 Å². The van der Waals surface area contributed by atoms with E-state index < -0.39 is 157 Å². The van der Waals surface area contributed by atoms with E-state index in [4.69, 9.17) is 64.0 Å². The minimum atomic E-state index is -5.04. The molecule has 5 aromatic rings. The monoisotopic (exact) mass is 1370 g/mol. The van der Waals surface area contributed by atoms with Crippen molar-refractivity contribution in [2.45, 2.75) is 142 Å². The van der Waals surface area contributed by atoms with E-state index in [0.717, 1.165) is 21.3 Å². The molecule has 0 saturated carbocycles. The van der Waals surface area contributed by atoms with E-state index in [1.165, 1.54) is 36.6 Å². The number of aryl methyl sites for hydroxylation is 3. The van der Waals surface area contributed by atoms with Gasteiger partial charge in [0.05, 0.1) is 49.3 Å². The number of hydrogen-bond donors (Lipinski definition) is 4. The highest BCUT2D eigenvalue weighted by molar-refractivity contribution is 7.48. The van der Waals surface area contributed by atoms with Crippen LogP contribution in [0.15, 0.2) is 86.8 Å². The number of aromatic amines is 1. The van der Waals surface area contributed by atoms with Gasteiger partial charge in [-0.3, -0.25) is 76.1 Å². The van der Waals surface area contributed by atoms with Crippen molar-refractivity contribution in [3.63, 3.8) is 0 Å². The second kappa shape index (κ2) is 30.6. The summed E-state index contributed by atoms with van der Waals surface area (Å²) in [5, 5.41) is 8.01. The molecule has 5 aliphatic heterocycles. The number of imidazole rings is 1. The normalized spacial score (nSPS) is 24.9. The minimum Gasteiger partial charge on any atom is -0.457 e. The van der Waals surface area contributed by atoms with E-state index in [9.17, 15) is 33.6 Å². The second-order valence-electron chi connectivity index (χ2n) is 23.2. The summed E-state index contributed by atoms with van der Waals surface area (Å²) in [6.45, 7) is 23.1. The van der Waals surface area contributed by atoms with E-state index in [1.807, 2.05) is 20.8 Å². The standard InChI is InChI=1S/C61H71N13O20P2/c1-10-41-43(25-49(89-41)74-32-66-52-54(74)68-60(70-58(52)79)69-55(76)33(2)3)93-95(82,85-20-18-62-8)88-29-46-44(26-47(91-46)72-27-36(6)56(77)71-61(72)81)94-96(83,86-21-19-63-9)87-28-45-42(92-50(75)30-84-59(80)39-22-34(4)37(7)35(5)23-39)24-48(90-45)73-31-65-51-40(16-17-64-53(51)73)67-57(78)38-14-12-11-13-15-38/h11-17,22-23,27,31-33,41-49,52,54H,10,18-21,24-26,28-30H2,1-7H3,(H,64,67,78)(H,71,77,81)(H2,68,69,70,76,79). The fraction of sp³-hybridized carbons (Fsp3) is 0.492. The zero-order valence-corrected chi connectivity index (χ0v) is 55.0. The number of phosphoric ester groups is 2. The number of benzene rings is 2. The number of phosphoric acid groups is 2. The van der Waals surface area contributed by atoms with E-state index in [-0.39, 0.29) is 72.9 Å². The molecule has 2 aromatic carbocycles. The lowest BCUT2D eigenvalue weighted by atomic mass is 10.0. The van der Waals surface area contributed by atoms with E-state index in [2.05, 4.69) is 50.6 Å². The van der Waals surface area contributed by atoms with Crippen LogP contribution in [0.4, 0.5) is 5.69 Å². The number of ether oxygens (including phenoxy) is 5. The predicted octanol–water partition coefficient (Wildman–Crippen LogP) is 5.52. The Morgan fingerprint density at radius 1 is 0.760 bits per heavy atom. The van der Waals surface area contributed by atoms with Gasteiger partial charge in [0.2, 0.25) is 25.0 Å². The van der Waals surface area contributed by atoms with Gasteiger partial charge in [0.15, 0.2) is 24.5 Å². The first-order chi connectivity index (χ1) is 46.0. The number of fused-ring (bicyclic) bond motifs is 2. The van der Waals surface area contributed by atoms with E-state index in [1.54, 1.807) is 74.2 Å². The van der Waals surface area contributed by atoms with Gasteiger partial charge in [0.1, 0.15) is 61.8 Å². The summed E-state index contributed by atoms with van der Waals surface area (Å²) in [5.74, 6) is -3.64. The van der Waals surface area contributed by atoms with Gasteiger partial charge in [-0.05, 0) is 81.1 Å². The SMILES string of the molecule is [C-]#[N+]CCOP(=O)(OCC1OC(n2cc(C)c(=O)[nH]c2=O)CC1OP(=O)(OCC[N+]#[C-])OCC1OC(n2cnc3c(NC(=O)c4ccccc4)ccnc32)CC1OC(=O)COC(=O)c1cc(C)c(C)c(C)c1)OC1CC(N2C=NC3C(=O)NC(NC(=O)C(C)C)=NC32)OC1CC. The van der Waals surface area contributed by atoms with Crippen LogP contribution in [0, 0.1) is 46.8 Å². The molecular weight excluding hydrogens is 1300 g/mol. The van der Waals surface area contributed by atoms with Crippen LogP contribution in [-0.2, 0) is 74.3 Å². The Balaban J connectivity index is 0.899. The Kier molecular flexibility index (Phi) is 22.3. The molecule has 0 bridgehead atoms. The predicted molar refractivity (Wildman–Crippen MR) is 338 cm³/mol. The van der Waals surface area contributed by atoms with Gasteiger partial charge in [0.25, 0.3) is 17.4 Å². The van der Waals surface area contributed by atoms with Crippen molar-refractivity contribution in [2.75, 3.05) is 51.4 Å².